The van der Waals surface area contributed by atoms with Crippen LogP contribution in [0.4, 0.5) is 0 Å². The van der Waals surface area contributed by atoms with Crippen LogP contribution in [-0.4, -0.2) is 11.7 Å². The molecule has 0 aliphatic rings. The van der Waals surface area contributed by atoms with Crippen LogP contribution in [0.5, 0.6) is 0 Å². The number of hydrogen-bond donors (Lipinski definition) is 0. The lowest BCUT2D eigenvalue weighted by atomic mass is 9.97. The SMILES string of the molecule is CCc1cccc(CC(=O)CCl)c1C. The summed E-state index contributed by atoms with van der Waals surface area (Å²) in [6.45, 7) is 4.19. The first-order valence-corrected chi connectivity index (χ1v) is 5.37. The Labute approximate surface area is 90.1 Å². The van der Waals surface area contributed by atoms with Gasteiger partial charge in [-0.2, -0.15) is 0 Å². The lowest BCUT2D eigenvalue weighted by Crippen LogP contribution is -2.06. The lowest BCUT2D eigenvalue weighted by molar-refractivity contribution is -0.116. The van der Waals surface area contributed by atoms with E-state index < -0.39 is 0 Å². The third-order valence-corrected chi connectivity index (χ3v) is 2.77. The van der Waals surface area contributed by atoms with Crippen molar-refractivity contribution in [3.05, 3.63) is 34.9 Å². The molecule has 0 N–H and O–H groups in total. The van der Waals surface area contributed by atoms with Crippen molar-refractivity contribution >= 4 is 17.4 Å². The van der Waals surface area contributed by atoms with E-state index in [2.05, 4.69) is 19.9 Å². The third kappa shape index (κ3) is 2.58. The molecule has 0 aliphatic heterocycles. The van der Waals surface area contributed by atoms with Crippen molar-refractivity contribution in [1.82, 2.24) is 0 Å². The Bertz CT molecular complexity index is 331. The van der Waals surface area contributed by atoms with Crippen LogP contribution in [-0.2, 0) is 17.6 Å². The minimum Gasteiger partial charge on any atom is -0.298 e. The Hall–Kier alpha value is -0.820. The molecule has 76 valence electrons. The van der Waals surface area contributed by atoms with Gasteiger partial charge in [0.2, 0.25) is 0 Å². The van der Waals surface area contributed by atoms with Crippen LogP contribution in [0.2, 0.25) is 0 Å². The molecule has 1 aromatic rings. The molecule has 14 heavy (non-hydrogen) atoms. The molecule has 0 bridgehead atoms. The highest BCUT2D eigenvalue weighted by atomic mass is 35.5. The van der Waals surface area contributed by atoms with Crippen LogP contribution < -0.4 is 0 Å². The normalized spacial score (nSPS) is 10.2. The summed E-state index contributed by atoms with van der Waals surface area (Å²) in [5.41, 5.74) is 3.65. The highest BCUT2D eigenvalue weighted by molar-refractivity contribution is 6.27. The van der Waals surface area contributed by atoms with E-state index in [9.17, 15) is 4.79 Å². The molecule has 0 amide bonds. The number of hydrogen-bond acceptors (Lipinski definition) is 1. The van der Waals surface area contributed by atoms with E-state index in [4.69, 9.17) is 11.6 Å². The Morgan fingerprint density at radius 2 is 2.00 bits per heavy atom. The average molecular weight is 211 g/mol. The van der Waals surface area contributed by atoms with Gasteiger partial charge >= 0.3 is 0 Å². The Morgan fingerprint density at radius 1 is 1.36 bits per heavy atom. The van der Waals surface area contributed by atoms with Crippen molar-refractivity contribution in [3.63, 3.8) is 0 Å². The maximum absolute atomic E-state index is 11.2. The first-order chi connectivity index (χ1) is 6.69. The van der Waals surface area contributed by atoms with Gasteiger partial charge in [-0.25, -0.2) is 0 Å². The summed E-state index contributed by atoms with van der Waals surface area (Å²) in [5.74, 6) is 0.193. The zero-order valence-electron chi connectivity index (χ0n) is 8.64. The summed E-state index contributed by atoms with van der Waals surface area (Å²) in [7, 11) is 0. The molecular weight excluding hydrogens is 196 g/mol. The summed E-state index contributed by atoms with van der Waals surface area (Å²) >= 11 is 5.48. The summed E-state index contributed by atoms with van der Waals surface area (Å²) in [6.07, 6.45) is 1.47. The van der Waals surface area contributed by atoms with E-state index in [1.807, 2.05) is 12.1 Å². The predicted octanol–water partition coefficient (Wildman–Crippen LogP) is 2.91. The fourth-order valence-electron chi connectivity index (χ4n) is 1.57. The molecule has 0 aromatic heterocycles. The van der Waals surface area contributed by atoms with Gasteiger partial charge in [0.1, 0.15) is 0 Å². The maximum atomic E-state index is 11.2. The van der Waals surface area contributed by atoms with Crippen molar-refractivity contribution in [3.8, 4) is 0 Å². The smallest absolute Gasteiger partial charge is 0.151 e. The van der Waals surface area contributed by atoms with E-state index in [0.717, 1.165) is 12.0 Å². The molecule has 1 aromatic carbocycles. The second-order valence-corrected chi connectivity index (χ2v) is 3.67. The molecule has 0 unspecified atom stereocenters. The lowest BCUT2D eigenvalue weighted by Gasteiger charge is -2.08. The Morgan fingerprint density at radius 3 is 2.57 bits per heavy atom. The first kappa shape index (κ1) is 11.3. The Kier molecular flexibility index (Phi) is 4.15. The van der Waals surface area contributed by atoms with Gasteiger partial charge in [0, 0.05) is 6.42 Å². The van der Waals surface area contributed by atoms with Gasteiger partial charge in [-0.05, 0) is 30.0 Å². The summed E-state index contributed by atoms with van der Waals surface area (Å²) < 4.78 is 0. The van der Waals surface area contributed by atoms with Crippen LogP contribution in [0, 0.1) is 6.92 Å². The zero-order valence-corrected chi connectivity index (χ0v) is 9.40. The summed E-state index contributed by atoms with van der Waals surface area (Å²) in [6, 6.07) is 6.10. The molecule has 0 saturated heterocycles. The maximum Gasteiger partial charge on any atom is 0.151 e. The molecular formula is C12H15ClO. The van der Waals surface area contributed by atoms with Crippen molar-refractivity contribution in [2.45, 2.75) is 26.7 Å². The number of carbonyl (C=O) groups is 1. The van der Waals surface area contributed by atoms with Crippen molar-refractivity contribution in [2.75, 3.05) is 5.88 Å². The number of carbonyl (C=O) groups excluding carboxylic acids is 1. The number of rotatable bonds is 4. The van der Waals surface area contributed by atoms with Gasteiger partial charge in [0.15, 0.2) is 5.78 Å². The molecule has 1 nitrogen and oxygen atoms in total. The molecule has 0 radical (unpaired) electrons. The number of halogens is 1. The highest BCUT2D eigenvalue weighted by Crippen LogP contribution is 2.15. The average Bonchev–Trinajstić information content (AvgIpc) is 2.21. The molecule has 1 rings (SSSR count). The molecule has 0 saturated carbocycles. The quantitative estimate of drug-likeness (QED) is 0.699. The van der Waals surface area contributed by atoms with Crippen molar-refractivity contribution in [2.24, 2.45) is 0 Å². The van der Waals surface area contributed by atoms with Crippen LogP contribution in [0.25, 0.3) is 0 Å². The molecule has 0 heterocycles. The van der Waals surface area contributed by atoms with E-state index in [1.165, 1.54) is 11.1 Å². The molecule has 2 heteroatoms. The van der Waals surface area contributed by atoms with Gasteiger partial charge in [0.25, 0.3) is 0 Å². The number of ketones is 1. The standard InChI is InChI=1S/C12H15ClO/c1-3-10-5-4-6-11(9(10)2)7-12(14)8-13/h4-6H,3,7-8H2,1-2H3. The van der Waals surface area contributed by atoms with Crippen LogP contribution in [0.3, 0.4) is 0 Å². The highest BCUT2D eigenvalue weighted by Gasteiger charge is 2.06. The minimum atomic E-state index is 0.0861. The summed E-state index contributed by atoms with van der Waals surface area (Å²) in [5, 5.41) is 0. The monoisotopic (exact) mass is 210 g/mol. The first-order valence-electron chi connectivity index (χ1n) is 4.84. The van der Waals surface area contributed by atoms with Crippen LogP contribution >= 0.6 is 11.6 Å². The second-order valence-electron chi connectivity index (χ2n) is 3.40. The number of alkyl halides is 1. The second kappa shape index (κ2) is 5.16. The Balaban J connectivity index is 2.92. The van der Waals surface area contributed by atoms with Gasteiger partial charge in [-0.3, -0.25) is 4.79 Å². The van der Waals surface area contributed by atoms with Crippen molar-refractivity contribution in [1.29, 1.82) is 0 Å². The fourth-order valence-corrected chi connectivity index (χ4v) is 1.67. The van der Waals surface area contributed by atoms with E-state index >= 15 is 0 Å². The summed E-state index contributed by atoms with van der Waals surface area (Å²) in [4.78, 5) is 11.2. The van der Waals surface area contributed by atoms with E-state index in [1.54, 1.807) is 0 Å². The van der Waals surface area contributed by atoms with Gasteiger partial charge in [-0.15, -0.1) is 11.6 Å². The molecule has 0 atom stereocenters. The van der Waals surface area contributed by atoms with Gasteiger partial charge < -0.3 is 0 Å². The van der Waals surface area contributed by atoms with Gasteiger partial charge in [-0.1, -0.05) is 25.1 Å². The fraction of sp³-hybridized carbons (Fsp3) is 0.417. The number of Topliss-reactive ketones (excluding diaryl/α,β-unsaturated/α-hetero) is 1. The van der Waals surface area contributed by atoms with Gasteiger partial charge in [0.05, 0.1) is 5.88 Å². The predicted molar refractivity (Wildman–Crippen MR) is 60.0 cm³/mol. The van der Waals surface area contributed by atoms with Crippen LogP contribution in [0.15, 0.2) is 18.2 Å². The molecule has 0 spiro atoms. The third-order valence-electron chi connectivity index (χ3n) is 2.48. The van der Waals surface area contributed by atoms with Crippen molar-refractivity contribution < 1.29 is 4.79 Å². The molecule has 0 aliphatic carbocycles. The number of benzene rings is 1. The van der Waals surface area contributed by atoms with E-state index in [0.29, 0.717) is 6.42 Å². The minimum absolute atomic E-state index is 0.0861. The van der Waals surface area contributed by atoms with E-state index in [-0.39, 0.29) is 11.7 Å². The largest absolute Gasteiger partial charge is 0.298 e. The number of aryl methyl sites for hydroxylation is 1. The topological polar surface area (TPSA) is 17.1 Å². The zero-order chi connectivity index (χ0) is 10.6. The van der Waals surface area contributed by atoms with Crippen LogP contribution in [0.1, 0.15) is 23.6 Å². The molecule has 0 fully saturated rings.